The fourth-order valence-corrected chi connectivity index (χ4v) is 4.76. The van der Waals surface area contributed by atoms with E-state index in [1.807, 2.05) is 12.1 Å². The number of amides is 1. The van der Waals surface area contributed by atoms with Gasteiger partial charge in [-0.25, -0.2) is 4.98 Å². The number of aromatic nitrogens is 1. The molecule has 0 aliphatic carbocycles. The number of likely N-dealkylation sites (N-methyl/N-ethyl adjacent to an activating group) is 1. The summed E-state index contributed by atoms with van der Waals surface area (Å²) >= 11 is 0. The molecule has 0 spiro atoms. The van der Waals surface area contributed by atoms with E-state index in [2.05, 4.69) is 27.1 Å². The third-order valence-electron chi connectivity index (χ3n) is 7.21. The number of hydrogen-bond acceptors (Lipinski definition) is 5. The van der Waals surface area contributed by atoms with Crippen LogP contribution in [0.25, 0.3) is 0 Å². The van der Waals surface area contributed by atoms with Crippen molar-refractivity contribution in [3.8, 4) is 0 Å². The van der Waals surface area contributed by atoms with Crippen molar-refractivity contribution >= 4 is 11.7 Å². The van der Waals surface area contributed by atoms with Crippen molar-refractivity contribution < 1.29 is 9.90 Å². The lowest BCUT2D eigenvalue weighted by Crippen LogP contribution is -2.44. The molecule has 6 nitrogen and oxygen atoms in total. The summed E-state index contributed by atoms with van der Waals surface area (Å²) in [6.45, 7) is 5.19. The van der Waals surface area contributed by atoms with E-state index in [1.54, 1.807) is 6.20 Å². The minimum absolute atomic E-state index is 0.0101. The summed E-state index contributed by atoms with van der Waals surface area (Å²) in [5.41, 5.74) is 0.654. The standard InChI is InChI=1S/C29H52N4O2/c1-32-21-23-33(24-22-32)28-19-18-27(26-31-28)29(35)30-20-16-14-12-10-8-6-4-2-3-5-7-9-11-13-15-17-25-34/h18-19,26,34H,2-17,20-25H2,1H3,(H,30,35). The third-order valence-corrected chi connectivity index (χ3v) is 7.21. The van der Waals surface area contributed by atoms with Crippen LogP contribution in [0.1, 0.15) is 113 Å². The van der Waals surface area contributed by atoms with Crippen molar-refractivity contribution in [3.05, 3.63) is 23.9 Å². The monoisotopic (exact) mass is 488 g/mol. The normalized spacial score (nSPS) is 14.4. The Kier molecular flexibility index (Phi) is 16.5. The first-order valence-corrected chi connectivity index (χ1v) is 14.5. The zero-order chi connectivity index (χ0) is 25.0. The van der Waals surface area contributed by atoms with Crippen molar-refractivity contribution in [2.75, 3.05) is 51.3 Å². The van der Waals surface area contributed by atoms with Crippen LogP contribution < -0.4 is 10.2 Å². The molecule has 2 heterocycles. The number of nitrogens with one attached hydrogen (secondary N) is 1. The average molecular weight is 489 g/mol. The molecule has 2 rings (SSSR count). The Morgan fingerprint density at radius 1 is 0.771 bits per heavy atom. The highest BCUT2D eigenvalue weighted by Gasteiger charge is 2.15. The molecule has 0 bridgehead atoms. The molecule has 1 aromatic heterocycles. The molecule has 1 aliphatic rings. The summed E-state index contributed by atoms with van der Waals surface area (Å²) in [6.07, 6.45) is 22.4. The summed E-state index contributed by atoms with van der Waals surface area (Å²) in [4.78, 5) is 21.5. The maximum absolute atomic E-state index is 12.4. The van der Waals surface area contributed by atoms with E-state index in [4.69, 9.17) is 5.11 Å². The van der Waals surface area contributed by atoms with Gasteiger partial charge < -0.3 is 20.2 Å². The van der Waals surface area contributed by atoms with Gasteiger partial charge in [-0.05, 0) is 32.0 Å². The highest BCUT2D eigenvalue weighted by Crippen LogP contribution is 2.15. The second-order valence-corrected chi connectivity index (χ2v) is 10.3. The fourth-order valence-electron chi connectivity index (χ4n) is 4.76. The highest BCUT2D eigenvalue weighted by atomic mass is 16.2. The highest BCUT2D eigenvalue weighted by molar-refractivity contribution is 5.94. The summed E-state index contributed by atoms with van der Waals surface area (Å²) < 4.78 is 0. The second-order valence-electron chi connectivity index (χ2n) is 10.3. The summed E-state index contributed by atoms with van der Waals surface area (Å²) in [6, 6.07) is 3.87. The Morgan fingerprint density at radius 3 is 1.71 bits per heavy atom. The molecule has 1 aliphatic heterocycles. The average Bonchev–Trinajstić information content (AvgIpc) is 2.88. The van der Waals surface area contributed by atoms with Crippen LogP contribution in [0, 0.1) is 0 Å². The first-order chi connectivity index (χ1) is 17.2. The van der Waals surface area contributed by atoms with Gasteiger partial charge in [0.05, 0.1) is 5.56 Å². The Bertz CT molecular complexity index is 645. The molecular weight excluding hydrogens is 436 g/mol. The Hall–Kier alpha value is -1.66. The summed E-state index contributed by atoms with van der Waals surface area (Å²) in [7, 11) is 2.15. The van der Waals surface area contributed by atoms with Crippen molar-refractivity contribution in [2.24, 2.45) is 0 Å². The summed E-state index contributed by atoms with van der Waals surface area (Å²) in [5, 5.41) is 11.8. The molecule has 1 aromatic rings. The van der Waals surface area contributed by atoms with Gasteiger partial charge in [0.1, 0.15) is 5.82 Å². The summed E-state index contributed by atoms with van der Waals surface area (Å²) in [5.74, 6) is 0.958. The van der Waals surface area contributed by atoms with Crippen LogP contribution in [0.4, 0.5) is 5.82 Å². The predicted molar refractivity (Wildman–Crippen MR) is 147 cm³/mol. The van der Waals surface area contributed by atoms with Gasteiger partial charge in [0, 0.05) is 45.5 Å². The minimum atomic E-state index is -0.0101. The van der Waals surface area contributed by atoms with Crippen LogP contribution in [-0.2, 0) is 0 Å². The molecule has 2 N–H and O–H groups in total. The molecule has 200 valence electrons. The van der Waals surface area contributed by atoms with Crippen LogP contribution in [-0.4, -0.2) is 67.3 Å². The third kappa shape index (κ3) is 13.9. The van der Waals surface area contributed by atoms with Crippen LogP contribution in [0.5, 0.6) is 0 Å². The second kappa shape index (κ2) is 19.5. The van der Waals surface area contributed by atoms with E-state index in [1.165, 1.54) is 89.9 Å². The Balaban J connectivity index is 1.36. The van der Waals surface area contributed by atoms with Crippen LogP contribution in [0.15, 0.2) is 18.3 Å². The Morgan fingerprint density at radius 2 is 1.26 bits per heavy atom. The molecule has 0 unspecified atom stereocenters. The van der Waals surface area contributed by atoms with Gasteiger partial charge in [0.25, 0.3) is 5.91 Å². The quantitative estimate of drug-likeness (QED) is 0.227. The first kappa shape index (κ1) is 29.6. The minimum Gasteiger partial charge on any atom is -0.396 e. The van der Waals surface area contributed by atoms with Gasteiger partial charge in [-0.1, -0.05) is 89.9 Å². The van der Waals surface area contributed by atoms with E-state index >= 15 is 0 Å². The number of carbonyl (C=O) groups excluding carboxylic acids is 1. The van der Waals surface area contributed by atoms with Gasteiger partial charge in [-0.15, -0.1) is 0 Å². The van der Waals surface area contributed by atoms with Gasteiger partial charge in [0.2, 0.25) is 0 Å². The number of rotatable bonds is 20. The molecule has 1 amide bonds. The molecule has 1 saturated heterocycles. The molecule has 0 aromatic carbocycles. The van der Waals surface area contributed by atoms with Crippen LogP contribution in [0.3, 0.4) is 0 Å². The lowest BCUT2D eigenvalue weighted by Gasteiger charge is -2.33. The van der Waals surface area contributed by atoms with Gasteiger partial charge >= 0.3 is 0 Å². The Labute approximate surface area is 214 Å². The van der Waals surface area contributed by atoms with Gasteiger partial charge in [0.15, 0.2) is 0 Å². The zero-order valence-corrected chi connectivity index (χ0v) is 22.5. The molecular formula is C29H52N4O2. The lowest BCUT2D eigenvalue weighted by molar-refractivity contribution is 0.0952. The van der Waals surface area contributed by atoms with E-state index < -0.39 is 0 Å². The molecule has 0 atom stereocenters. The van der Waals surface area contributed by atoms with E-state index in [0.29, 0.717) is 12.2 Å². The number of piperazine rings is 1. The van der Waals surface area contributed by atoms with Crippen molar-refractivity contribution in [1.82, 2.24) is 15.2 Å². The van der Waals surface area contributed by atoms with Crippen LogP contribution >= 0.6 is 0 Å². The number of anilines is 1. The number of aliphatic hydroxyl groups is 1. The number of carbonyl (C=O) groups is 1. The number of nitrogens with zero attached hydrogens (tertiary/aromatic N) is 3. The number of hydrogen-bond donors (Lipinski definition) is 2. The van der Waals surface area contributed by atoms with Gasteiger partial charge in [-0.3, -0.25) is 4.79 Å². The van der Waals surface area contributed by atoms with E-state index in [0.717, 1.165) is 51.4 Å². The van der Waals surface area contributed by atoms with E-state index in [-0.39, 0.29) is 5.91 Å². The van der Waals surface area contributed by atoms with Crippen molar-refractivity contribution in [2.45, 2.75) is 103 Å². The van der Waals surface area contributed by atoms with Crippen molar-refractivity contribution in [3.63, 3.8) is 0 Å². The van der Waals surface area contributed by atoms with Crippen LogP contribution in [0.2, 0.25) is 0 Å². The molecule has 1 fully saturated rings. The number of aliphatic hydroxyl groups excluding tert-OH is 1. The molecule has 35 heavy (non-hydrogen) atoms. The maximum Gasteiger partial charge on any atom is 0.252 e. The van der Waals surface area contributed by atoms with E-state index in [9.17, 15) is 4.79 Å². The topological polar surface area (TPSA) is 68.7 Å². The lowest BCUT2D eigenvalue weighted by atomic mass is 10.0. The first-order valence-electron chi connectivity index (χ1n) is 14.5. The molecule has 0 saturated carbocycles. The van der Waals surface area contributed by atoms with Crippen molar-refractivity contribution in [1.29, 1.82) is 0 Å². The fraction of sp³-hybridized carbons (Fsp3) is 0.793. The van der Waals surface area contributed by atoms with Gasteiger partial charge in [-0.2, -0.15) is 0 Å². The zero-order valence-electron chi connectivity index (χ0n) is 22.5. The molecule has 6 heteroatoms. The molecule has 0 radical (unpaired) electrons. The SMILES string of the molecule is CN1CCN(c2ccc(C(=O)NCCCCCCCCCCCCCCCCCCO)cn2)CC1. The maximum atomic E-state index is 12.4. The number of pyridine rings is 1. The number of unbranched alkanes of at least 4 members (excludes halogenated alkanes) is 15. The predicted octanol–water partition coefficient (Wildman–Crippen LogP) is 5.80. The smallest absolute Gasteiger partial charge is 0.252 e. The largest absolute Gasteiger partial charge is 0.396 e.